The lowest BCUT2D eigenvalue weighted by Crippen LogP contribution is -2.08. The van der Waals surface area contributed by atoms with Gasteiger partial charge in [0.1, 0.15) is 23.9 Å². The third-order valence-corrected chi connectivity index (χ3v) is 3.34. The Labute approximate surface area is 128 Å². The van der Waals surface area contributed by atoms with Gasteiger partial charge in [-0.2, -0.15) is 0 Å². The molecule has 0 spiro atoms. The van der Waals surface area contributed by atoms with Crippen LogP contribution in [-0.4, -0.2) is 14.2 Å². The molecule has 0 aliphatic rings. The Morgan fingerprint density at radius 2 is 2.00 bits per heavy atom. The zero-order valence-electron chi connectivity index (χ0n) is 12.0. The lowest BCUT2D eigenvalue weighted by atomic mass is 10.2. The predicted molar refractivity (Wildman–Crippen MR) is 81.5 cm³/mol. The van der Waals surface area contributed by atoms with Crippen LogP contribution in [-0.2, 0) is 13.2 Å². The number of nitrogens with one attached hydrogen (secondary N) is 1. The summed E-state index contributed by atoms with van der Waals surface area (Å²) < 4.78 is 24.7. The number of rotatable bonds is 6. The van der Waals surface area contributed by atoms with Crippen LogP contribution in [0.2, 0.25) is 5.02 Å². The Morgan fingerprint density at radius 1 is 1.19 bits per heavy atom. The summed E-state index contributed by atoms with van der Waals surface area (Å²) in [6.45, 7) is 0.750. The smallest absolute Gasteiger partial charge is 0.148 e. The molecule has 2 aromatic rings. The number of halogens is 2. The van der Waals surface area contributed by atoms with Crippen molar-refractivity contribution in [2.24, 2.45) is 0 Å². The van der Waals surface area contributed by atoms with Crippen molar-refractivity contribution < 1.29 is 13.9 Å². The average molecular weight is 310 g/mol. The van der Waals surface area contributed by atoms with E-state index in [1.54, 1.807) is 19.2 Å². The molecule has 0 bridgehead atoms. The molecular weight excluding hydrogens is 293 g/mol. The van der Waals surface area contributed by atoms with Gasteiger partial charge in [0.2, 0.25) is 0 Å². The molecule has 0 saturated heterocycles. The van der Waals surface area contributed by atoms with Crippen LogP contribution in [0.4, 0.5) is 4.39 Å². The second-order valence-electron chi connectivity index (χ2n) is 4.51. The van der Waals surface area contributed by atoms with Gasteiger partial charge in [-0.25, -0.2) is 4.39 Å². The van der Waals surface area contributed by atoms with Crippen LogP contribution in [0.15, 0.2) is 36.4 Å². The first-order valence-electron chi connectivity index (χ1n) is 6.53. The van der Waals surface area contributed by atoms with Gasteiger partial charge in [-0.15, -0.1) is 0 Å². The lowest BCUT2D eigenvalue weighted by molar-refractivity contribution is 0.295. The first kappa shape index (κ1) is 15.6. The van der Waals surface area contributed by atoms with E-state index >= 15 is 0 Å². The van der Waals surface area contributed by atoms with E-state index in [1.807, 2.05) is 25.2 Å². The van der Waals surface area contributed by atoms with Crippen LogP contribution in [0, 0.1) is 5.82 Å². The van der Waals surface area contributed by atoms with Crippen molar-refractivity contribution in [2.45, 2.75) is 13.2 Å². The number of methoxy groups -OCH3 is 1. The summed E-state index contributed by atoms with van der Waals surface area (Å²) in [6, 6.07) is 10.4. The van der Waals surface area contributed by atoms with Gasteiger partial charge in [0, 0.05) is 17.7 Å². The van der Waals surface area contributed by atoms with E-state index in [0.29, 0.717) is 17.9 Å². The molecule has 0 saturated carbocycles. The molecule has 3 nitrogen and oxygen atoms in total. The largest absolute Gasteiger partial charge is 0.497 e. The standard InChI is InChI=1S/C16H17ClFNO2/c1-19-9-12-8-13(20-2)6-7-15(12)21-10-11-4-3-5-14(17)16(11)18/h3-8,19H,9-10H2,1-2H3. The van der Waals surface area contributed by atoms with Crippen LogP contribution in [0.1, 0.15) is 11.1 Å². The van der Waals surface area contributed by atoms with E-state index in [2.05, 4.69) is 5.32 Å². The molecule has 21 heavy (non-hydrogen) atoms. The fourth-order valence-electron chi connectivity index (χ4n) is 1.97. The summed E-state index contributed by atoms with van der Waals surface area (Å²) in [6.07, 6.45) is 0. The van der Waals surface area contributed by atoms with Crippen LogP contribution >= 0.6 is 11.6 Å². The molecule has 0 amide bonds. The van der Waals surface area contributed by atoms with Gasteiger partial charge in [-0.1, -0.05) is 23.7 Å². The molecule has 0 fully saturated rings. The van der Waals surface area contributed by atoms with Gasteiger partial charge < -0.3 is 14.8 Å². The number of ether oxygens (including phenoxy) is 2. The molecule has 2 rings (SSSR count). The molecule has 0 unspecified atom stereocenters. The summed E-state index contributed by atoms with van der Waals surface area (Å²) in [7, 11) is 3.46. The van der Waals surface area contributed by atoms with Gasteiger partial charge in [0.25, 0.3) is 0 Å². The highest BCUT2D eigenvalue weighted by molar-refractivity contribution is 6.30. The van der Waals surface area contributed by atoms with E-state index in [-0.39, 0.29) is 11.6 Å². The minimum Gasteiger partial charge on any atom is -0.497 e. The van der Waals surface area contributed by atoms with Gasteiger partial charge in [0.15, 0.2) is 0 Å². The van der Waals surface area contributed by atoms with E-state index < -0.39 is 5.82 Å². The molecule has 2 aromatic carbocycles. The lowest BCUT2D eigenvalue weighted by Gasteiger charge is -2.13. The molecule has 112 valence electrons. The molecule has 0 aliphatic heterocycles. The minimum atomic E-state index is -0.442. The average Bonchev–Trinajstić information content (AvgIpc) is 2.50. The fourth-order valence-corrected chi connectivity index (χ4v) is 2.16. The molecular formula is C16H17ClFNO2. The summed E-state index contributed by atoms with van der Waals surface area (Å²) in [5.41, 5.74) is 1.37. The highest BCUT2D eigenvalue weighted by Gasteiger charge is 2.09. The first-order chi connectivity index (χ1) is 10.2. The highest BCUT2D eigenvalue weighted by Crippen LogP contribution is 2.26. The zero-order chi connectivity index (χ0) is 15.2. The third kappa shape index (κ3) is 3.86. The van der Waals surface area contributed by atoms with Crippen molar-refractivity contribution in [2.75, 3.05) is 14.2 Å². The third-order valence-electron chi connectivity index (χ3n) is 3.05. The Morgan fingerprint density at radius 3 is 2.71 bits per heavy atom. The Hall–Kier alpha value is -1.78. The molecule has 0 atom stereocenters. The maximum Gasteiger partial charge on any atom is 0.148 e. The summed E-state index contributed by atoms with van der Waals surface area (Å²) in [5, 5.41) is 3.16. The monoisotopic (exact) mass is 309 g/mol. The zero-order valence-corrected chi connectivity index (χ0v) is 12.7. The number of benzene rings is 2. The van der Waals surface area contributed by atoms with Gasteiger partial charge >= 0.3 is 0 Å². The minimum absolute atomic E-state index is 0.0984. The van der Waals surface area contributed by atoms with Crippen molar-refractivity contribution >= 4 is 11.6 Å². The fraction of sp³-hybridized carbons (Fsp3) is 0.250. The van der Waals surface area contributed by atoms with Crippen LogP contribution in [0.5, 0.6) is 11.5 Å². The van der Waals surface area contributed by atoms with Crippen molar-refractivity contribution in [1.82, 2.24) is 5.32 Å². The van der Waals surface area contributed by atoms with E-state index in [9.17, 15) is 4.39 Å². The number of hydrogen-bond acceptors (Lipinski definition) is 3. The van der Waals surface area contributed by atoms with Crippen LogP contribution < -0.4 is 14.8 Å². The summed E-state index contributed by atoms with van der Waals surface area (Å²) >= 11 is 5.76. The summed E-state index contributed by atoms with van der Waals surface area (Å²) in [4.78, 5) is 0. The van der Waals surface area contributed by atoms with Crippen LogP contribution in [0.3, 0.4) is 0 Å². The Bertz CT molecular complexity index is 619. The maximum atomic E-state index is 13.8. The van der Waals surface area contributed by atoms with Crippen molar-refractivity contribution in [3.05, 3.63) is 58.4 Å². The highest BCUT2D eigenvalue weighted by atomic mass is 35.5. The SMILES string of the molecule is CNCc1cc(OC)ccc1OCc1cccc(Cl)c1F. The Balaban J connectivity index is 2.17. The number of hydrogen-bond donors (Lipinski definition) is 1. The van der Waals surface area contributed by atoms with Crippen molar-refractivity contribution in [3.63, 3.8) is 0 Å². The van der Waals surface area contributed by atoms with Crippen LogP contribution in [0.25, 0.3) is 0 Å². The Kier molecular flexibility index (Phi) is 5.42. The summed E-state index contributed by atoms with van der Waals surface area (Å²) in [5.74, 6) is 0.994. The van der Waals surface area contributed by atoms with Crippen molar-refractivity contribution in [1.29, 1.82) is 0 Å². The van der Waals surface area contributed by atoms with E-state index in [0.717, 1.165) is 11.3 Å². The second kappa shape index (κ2) is 7.29. The quantitative estimate of drug-likeness (QED) is 0.880. The topological polar surface area (TPSA) is 30.5 Å². The van der Waals surface area contributed by atoms with Gasteiger partial charge in [-0.3, -0.25) is 0 Å². The predicted octanol–water partition coefficient (Wildman–Crippen LogP) is 3.79. The molecule has 5 heteroatoms. The molecule has 0 heterocycles. The van der Waals surface area contributed by atoms with E-state index in [4.69, 9.17) is 21.1 Å². The second-order valence-corrected chi connectivity index (χ2v) is 4.91. The molecule has 0 aromatic heterocycles. The van der Waals surface area contributed by atoms with Gasteiger partial charge in [-0.05, 0) is 31.3 Å². The van der Waals surface area contributed by atoms with Gasteiger partial charge in [0.05, 0.1) is 12.1 Å². The van der Waals surface area contributed by atoms with E-state index in [1.165, 1.54) is 6.07 Å². The molecule has 1 N–H and O–H groups in total. The molecule has 0 radical (unpaired) electrons. The first-order valence-corrected chi connectivity index (χ1v) is 6.90. The maximum absolute atomic E-state index is 13.8. The molecule has 0 aliphatic carbocycles. The van der Waals surface area contributed by atoms with Crippen molar-refractivity contribution in [3.8, 4) is 11.5 Å². The normalized spacial score (nSPS) is 10.5.